The van der Waals surface area contributed by atoms with Gasteiger partial charge in [0, 0.05) is 12.1 Å². The minimum atomic E-state index is -2.92. The van der Waals surface area contributed by atoms with E-state index in [-0.39, 0.29) is 23.3 Å². The molecule has 3 rings (SSSR count). The van der Waals surface area contributed by atoms with E-state index in [2.05, 4.69) is 5.32 Å². The summed E-state index contributed by atoms with van der Waals surface area (Å²) in [7, 11) is -2.92. The molecule has 0 aliphatic carbocycles. The van der Waals surface area contributed by atoms with E-state index in [0.717, 1.165) is 0 Å². The molecule has 1 aliphatic heterocycles. The zero-order valence-electron chi connectivity index (χ0n) is 13.1. The van der Waals surface area contributed by atoms with Crippen LogP contribution in [-0.2, 0) is 9.84 Å². The third-order valence-corrected chi connectivity index (χ3v) is 5.79. The fraction of sp³-hybridized carbons (Fsp3) is 0.278. The van der Waals surface area contributed by atoms with Gasteiger partial charge >= 0.3 is 0 Å². The normalized spacial score (nSPS) is 18.9. The summed E-state index contributed by atoms with van der Waals surface area (Å²) in [6.07, 6.45) is 0.611. The zero-order valence-corrected chi connectivity index (χ0v) is 14.0. The number of benzene rings is 2. The van der Waals surface area contributed by atoms with E-state index in [1.807, 2.05) is 30.3 Å². The Morgan fingerprint density at radius 1 is 1.08 bits per heavy atom. The van der Waals surface area contributed by atoms with Crippen molar-refractivity contribution in [1.29, 1.82) is 0 Å². The summed E-state index contributed by atoms with van der Waals surface area (Å²) in [4.78, 5) is 12.3. The van der Waals surface area contributed by atoms with E-state index >= 15 is 0 Å². The number of hydrogen-bond acceptors (Lipinski definition) is 4. The van der Waals surface area contributed by atoms with Gasteiger partial charge in [0.1, 0.15) is 11.5 Å². The van der Waals surface area contributed by atoms with Gasteiger partial charge in [0.15, 0.2) is 9.84 Å². The van der Waals surface area contributed by atoms with E-state index in [1.165, 1.54) is 0 Å². The molecule has 0 spiro atoms. The SMILES string of the molecule is O=C(NCC1CCS(=O)(=O)C1)c1cccc(Oc2ccccc2)c1. The molecule has 1 saturated heterocycles. The van der Waals surface area contributed by atoms with Crippen LogP contribution in [0.2, 0.25) is 0 Å². The Hall–Kier alpha value is -2.34. The summed E-state index contributed by atoms with van der Waals surface area (Å²) in [5.41, 5.74) is 0.490. The lowest BCUT2D eigenvalue weighted by molar-refractivity contribution is 0.0948. The second-order valence-corrected chi connectivity index (χ2v) is 8.15. The van der Waals surface area contributed by atoms with Crippen LogP contribution in [0.25, 0.3) is 0 Å². The highest BCUT2D eigenvalue weighted by atomic mass is 32.2. The number of sulfone groups is 1. The Morgan fingerprint density at radius 2 is 1.83 bits per heavy atom. The van der Waals surface area contributed by atoms with Gasteiger partial charge in [-0.3, -0.25) is 4.79 Å². The van der Waals surface area contributed by atoms with E-state index in [0.29, 0.717) is 30.0 Å². The molecule has 1 N–H and O–H groups in total. The number of hydrogen-bond donors (Lipinski definition) is 1. The monoisotopic (exact) mass is 345 g/mol. The van der Waals surface area contributed by atoms with Crippen LogP contribution in [-0.4, -0.2) is 32.4 Å². The summed E-state index contributed by atoms with van der Waals surface area (Å²) in [5, 5.41) is 2.81. The molecule has 2 aromatic rings. The molecule has 0 saturated carbocycles. The quantitative estimate of drug-likeness (QED) is 0.904. The predicted octanol–water partition coefficient (Wildman–Crippen LogP) is 2.64. The minimum Gasteiger partial charge on any atom is -0.457 e. The standard InChI is InChI=1S/C18H19NO4S/c20-18(19-12-14-9-10-24(21,22)13-14)15-5-4-8-17(11-15)23-16-6-2-1-3-7-16/h1-8,11,14H,9-10,12-13H2,(H,19,20). The van der Waals surface area contributed by atoms with Crippen molar-refractivity contribution in [3.8, 4) is 11.5 Å². The number of amides is 1. The zero-order chi connectivity index (χ0) is 17.0. The van der Waals surface area contributed by atoms with Crippen molar-refractivity contribution in [1.82, 2.24) is 5.32 Å². The number of carbonyl (C=O) groups is 1. The van der Waals surface area contributed by atoms with Gasteiger partial charge in [-0.15, -0.1) is 0 Å². The van der Waals surface area contributed by atoms with Crippen LogP contribution >= 0.6 is 0 Å². The van der Waals surface area contributed by atoms with Crippen LogP contribution in [0, 0.1) is 5.92 Å². The molecule has 1 unspecified atom stereocenters. The van der Waals surface area contributed by atoms with Gasteiger partial charge in [-0.05, 0) is 42.7 Å². The van der Waals surface area contributed by atoms with Gasteiger partial charge in [-0.1, -0.05) is 24.3 Å². The second-order valence-electron chi connectivity index (χ2n) is 5.92. The highest BCUT2D eigenvalue weighted by molar-refractivity contribution is 7.91. The molecular formula is C18H19NO4S. The Balaban J connectivity index is 1.60. The lowest BCUT2D eigenvalue weighted by Gasteiger charge is -2.11. The Bertz CT molecular complexity index is 818. The summed E-state index contributed by atoms with van der Waals surface area (Å²) in [6, 6.07) is 16.3. The van der Waals surface area contributed by atoms with E-state index in [9.17, 15) is 13.2 Å². The topological polar surface area (TPSA) is 72.5 Å². The van der Waals surface area contributed by atoms with Crippen LogP contribution in [0.4, 0.5) is 0 Å². The largest absolute Gasteiger partial charge is 0.457 e. The number of ether oxygens (including phenoxy) is 1. The minimum absolute atomic E-state index is 0.00250. The molecule has 1 atom stereocenters. The van der Waals surface area contributed by atoms with Gasteiger partial charge in [-0.2, -0.15) is 0 Å². The first-order valence-corrected chi connectivity index (χ1v) is 9.65. The van der Waals surface area contributed by atoms with Gasteiger partial charge < -0.3 is 10.1 Å². The van der Waals surface area contributed by atoms with Gasteiger partial charge in [0.25, 0.3) is 5.91 Å². The predicted molar refractivity (Wildman–Crippen MR) is 92.1 cm³/mol. The van der Waals surface area contributed by atoms with Crippen molar-refractivity contribution in [3.05, 3.63) is 60.2 Å². The molecule has 0 radical (unpaired) electrons. The maximum absolute atomic E-state index is 12.3. The number of carbonyl (C=O) groups excluding carboxylic acids is 1. The molecule has 1 fully saturated rings. The first-order chi connectivity index (χ1) is 11.5. The first-order valence-electron chi connectivity index (χ1n) is 7.83. The molecule has 24 heavy (non-hydrogen) atoms. The molecule has 6 heteroatoms. The lowest BCUT2D eigenvalue weighted by Crippen LogP contribution is -2.29. The lowest BCUT2D eigenvalue weighted by atomic mass is 10.1. The number of rotatable bonds is 5. The van der Waals surface area contributed by atoms with Crippen molar-refractivity contribution >= 4 is 15.7 Å². The fourth-order valence-corrected chi connectivity index (χ4v) is 4.56. The molecule has 2 aromatic carbocycles. The molecule has 5 nitrogen and oxygen atoms in total. The molecule has 126 valence electrons. The van der Waals surface area contributed by atoms with E-state index in [1.54, 1.807) is 24.3 Å². The van der Waals surface area contributed by atoms with Crippen LogP contribution in [0.5, 0.6) is 11.5 Å². The van der Waals surface area contributed by atoms with Crippen molar-refractivity contribution in [2.24, 2.45) is 5.92 Å². The van der Waals surface area contributed by atoms with Crippen molar-refractivity contribution in [2.75, 3.05) is 18.1 Å². The Kier molecular flexibility index (Phi) is 4.85. The number of nitrogens with one attached hydrogen (secondary N) is 1. The maximum atomic E-state index is 12.3. The highest BCUT2D eigenvalue weighted by Gasteiger charge is 2.27. The molecule has 0 bridgehead atoms. The molecule has 0 aromatic heterocycles. The summed E-state index contributed by atoms with van der Waals surface area (Å²) >= 11 is 0. The van der Waals surface area contributed by atoms with Crippen LogP contribution < -0.4 is 10.1 Å². The van der Waals surface area contributed by atoms with Gasteiger partial charge in [-0.25, -0.2) is 8.42 Å². The van der Waals surface area contributed by atoms with Crippen LogP contribution in [0.3, 0.4) is 0 Å². The molecule has 1 aliphatic rings. The summed E-state index contributed by atoms with van der Waals surface area (Å²) in [5.74, 6) is 1.43. The van der Waals surface area contributed by atoms with Crippen LogP contribution in [0.1, 0.15) is 16.8 Å². The first kappa shape index (κ1) is 16.5. The third-order valence-electron chi connectivity index (χ3n) is 3.95. The van der Waals surface area contributed by atoms with Crippen molar-refractivity contribution < 1.29 is 17.9 Å². The smallest absolute Gasteiger partial charge is 0.251 e. The van der Waals surface area contributed by atoms with Gasteiger partial charge in [0.2, 0.25) is 0 Å². The fourth-order valence-electron chi connectivity index (χ4n) is 2.70. The average Bonchev–Trinajstić information content (AvgIpc) is 2.93. The molecular weight excluding hydrogens is 326 g/mol. The molecule has 1 amide bonds. The molecule has 1 heterocycles. The Morgan fingerprint density at radius 3 is 2.54 bits per heavy atom. The maximum Gasteiger partial charge on any atom is 0.251 e. The van der Waals surface area contributed by atoms with E-state index < -0.39 is 9.84 Å². The van der Waals surface area contributed by atoms with Crippen LogP contribution in [0.15, 0.2) is 54.6 Å². The Labute approximate surface area is 141 Å². The highest BCUT2D eigenvalue weighted by Crippen LogP contribution is 2.22. The second kappa shape index (κ2) is 7.05. The third kappa shape index (κ3) is 4.35. The van der Waals surface area contributed by atoms with Crippen molar-refractivity contribution in [3.63, 3.8) is 0 Å². The van der Waals surface area contributed by atoms with E-state index in [4.69, 9.17) is 4.74 Å². The van der Waals surface area contributed by atoms with Crippen molar-refractivity contribution in [2.45, 2.75) is 6.42 Å². The summed E-state index contributed by atoms with van der Waals surface area (Å²) in [6.45, 7) is 0.377. The number of para-hydroxylation sites is 1. The summed E-state index contributed by atoms with van der Waals surface area (Å²) < 4.78 is 28.6. The average molecular weight is 345 g/mol. The van der Waals surface area contributed by atoms with Gasteiger partial charge in [0.05, 0.1) is 11.5 Å².